The van der Waals surface area contributed by atoms with Crippen LogP contribution in [0.2, 0.25) is 0 Å². The second kappa shape index (κ2) is 6.38. The lowest BCUT2D eigenvalue weighted by Gasteiger charge is -2.11. The van der Waals surface area contributed by atoms with E-state index in [1.165, 1.54) is 26.0 Å². The van der Waals surface area contributed by atoms with Gasteiger partial charge < -0.3 is 21.1 Å². The summed E-state index contributed by atoms with van der Waals surface area (Å²) >= 11 is 0. The van der Waals surface area contributed by atoms with Crippen LogP contribution in [0.3, 0.4) is 0 Å². The van der Waals surface area contributed by atoms with Gasteiger partial charge in [0, 0.05) is 24.6 Å². The van der Waals surface area contributed by atoms with Gasteiger partial charge in [-0.15, -0.1) is 0 Å². The zero-order valence-electron chi connectivity index (χ0n) is 11.4. The molecule has 0 aliphatic heterocycles. The van der Waals surface area contributed by atoms with Crippen molar-refractivity contribution in [2.45, 2.75) is 25.3 Å². The number of rotatable bonds is 7. The molecule has 2 rings (SSSR count). The van der Waals surface area contributed by atoms with Crippen LogP contribution in [-0.2, 0) is 4.79 Å². The molecule has 0 atom stereocenters. The first-order valence-corrected chi connectivity index (χ1v) is 6.61. The third kappa shape index (κ3) is 3.96. The van der Waals surface area contributed by atoms with E-state index in [9.17, 15) is 9.59 Å². The number of hydrogen-bond donors (Lipinski definition) is 3. The van der Waals surface area contributed by atoms with Gasteiger partial charge in [0.1, 0.15) is 5.75 Å². The Hall–Kier alpha value is -2.08. The minimum absolute atomic E-state index is 0.127. The van der Waals surface area contributed by atoms with Crippen LogP contribution in [0, 0.1) is 0 Å². The van der Waals surface area contributed by atoms with Gasteiger partial charge in [-0.25, -0.2) is 0 Å². The molecule has 1 saturated carbocycles. The number of amides is 2. The van der Waals surface area contributed by atoms with Crippen molar-refractivity contribution in [1.29, 1.82) is 0 Å². The monoisotopic (exact) mass is 277 g/mol. The zero-order chi connectivity index (χ0) is 14.5. The summed E-state index contributed by atoms with van der Waals surface area (Å²) < 4.78 is 5.15. The highest BCUT2D eigenvalue weighted by molar-refractivity contribution is 5.97. The minimum Gasteiger partial charge on any atom is -0.495 e. The minimum atomic E-state index is -0.543. The molecule has 1 aliphatic carbocycles. The van der Waals surface area contributed by atoms with Gasteiger partial charge in [0.25, 0.3) is 0 Å². The third-order valence-corrected chi connectivity index (χ3v) is 3.12. The third-order valence-electron chi connectivity index (χ3n) is 3.12. The molecule has 1 aliphatic rings. The molecule has 0 bridgehead atoms. The first-order chi connectivity index (χ1) is 9.60. The smallest absolute Gasteiger partial charge is 0.248 e. The van der Waals surface area contributed by atoms with Crippen molar-refractivity contribution in [2.75, 3.05) is 19.0 Å². The van der Waals surface area contributed by atoms with Crippen molar-refractivity contribution in [1.82, 2.24) is 5.32 Å². The van der Waals surface area contributed by atoms with Gasteiger partial charge in [-0.3, -0.25) is 9.59 Å². The van der Waals surface area contributed by atoms with Gasteiger partial charge in [0.2, 0.25) is 11.8 Å². The summed E-state index contributed by atoms with van der Waals surface area (Å²) in [4.78, 5) is 23.0. The van der Waals surface area contributed by atoms with E-state index < -0.39 is 5.91 Å². The van der Waals surface area contributed by atoms with Gasteiger partial charge >= 0.3 is 0 Å². The number of nitrogens with two attached hydrogens (primary N) is 1. The molecule has 0 saturated heterocycles. The van der Waals surface area contributed by atoms with Gasteiger partial charge in [0.15, 0.2) is 0 Å². The average Bonchev–Trinajstić information content (AvgIpc) is 3.22. The molecule has 20 heavy (non-hydrogen) atoms. The summed E-state index contributed by atoms with van der Waals surface area (Å²) in [6.07, 6.45) is 2.76. The Morgan fingerprint density at radius 1 is 1.40 bits per heavy atom. The van der Waals surface area contributed by atoms with Crippen LogP contribution in [0.15, 0.2) is 18.2 Å². The lowest BCUT2D eigenvalue weighted by atomic mass is 10.1. The number of nitrogens with one attached hydrogen (secondary N) is 2. The van der Waals surface area contributed by atoms with Gasteiger partial charge in [-0.05, 0) is 31.0 Å². The molecule has 4 N–H and O–H groups in total. The van der Waals surface area contributed by atoms with E-state index in [1.807, 2.05) is 0 Å². The highest BCUT2D eigenvalue weighted by Crippen LogP contribution is 2.25. The van der Waals surface area contributed by atoms with Crippen molar-refractivity contribution in [2.24, 2.45) is 5.73 Å². The first-order valence-electron chi connectivity index (χ1n) is 6.61. The molecule has 1 aromatic carbocycles. The maximum Gasteiger partial charge on any atom is 0.248 e. The Bertz CT molecular complexity index is 512. The molecule has 0 unspecified atom stereocenters. The number of ether oxygens (including phenoxy) is 1. The largest absolute Gasteiger partial charge is 0.495 e. The Balaban J connectivity index is 1.96. The maximum absolute atomic E-state index is 11.8. The van der Waals surface area contributed by atoms with E-state index in [0.717, 1.165) is 0 Å². The van der Waals surface area contributed by atoms with Crippen LogP contribution in [0.1, 0.15) is 29.6 Å². The number of hydrogen-bond acceptors (Lipinski definition) is 4. The van der Waals surface area contributed by atoms with Crippen LogP contribution in [0.25, 0.3) is 0 Å². The highest BCUT2D eigenvalue weighted by atomic mass is 16.5. The van der Waals surface area contributed by atoms with E-state index in [1.54, 1.807) is 12.1 Å². The Kier molecular flexibility index (Phi) is 4.57. The molecular formula is C14H19N3O3. The fourth-order valence-electron chi connectivity index (χ4n) is 1.85. The summed E-state index contributed by atoms with van der Waals surface area (Å²) in [5, 5.41) is 6.00. The molecule has 1 fully saturated rings. The van der Waals surface area contributed by atoms with Crippen molar-refractivity contribution >= 4 is 17.5 Å². The van der Waals surface area contributed by atoms with E-state index in [0.29, 0.717) is 36.0 Å². The van der Waals surface area contributed by atoms with Crippen LogP contribution in [-0.4, -0.2) is 31.5 Å². The van der Waals surface area contributed by atoms with Crippen molar-refractivity contribution in [3.8, 4) is 5.75 Å². The molecule has 0 aromatic heterocycles. The number of primary amides is 1. The number of carbonyl (C=O) groups is 2. The second-order valence-corrected chi connectivity index (χ2v) is 4.81. The highest BCUT2D eigenvalue weighted by Gasteiger charge is 2.20. The summed E-state index contributed by atoms with van der Waals surface area (Å²) in [5.74, 6) is -0.171. The molecule has 2 amide bonds. The van der Waals surface area contributed by atoms with Crippen molar-refractivity contribution in [3.63, 3.8) is 0 Å². The van der Waals surface area contributed by atoms with Gasteiger partial charge in [-0.1, -0.05) is 0 Å². The molecule has 0 heterocycles. The van der Waals surface area contributed by atoms with Crippen LogP contribution < -0.4 is 21.1 Å². The molecular weight excluding hydrogens is 258 g/mol. The quantitative estimate of drug-likeness (QED) is 0.689. The maximum atomic E-state index is 11.8. The number of anilines is 1. The molecule has 1 aromatic rings. The molecule has 6 heteroatoms. The van der Waals surface area contributed by atoms with Crippen molar-refractivity contribution < 1.29 is 14.3 Å². The molecule has 108 valence electrons. The van der Waals surface area contributed by atoms with E-state index in [2.05, 4.69) is 10.6 Å². The van der Waals surface area contributed by atoms with E-state index in [-0.39, 0.29) is 5.91 Å². The number of methoxy groups -OCH3 is 1. The number of benzene rings is 1. The second-order valence-electron chi connectivity index (χ2n) is 4.81. The average molecular weight is 277 g/mol. The summed E-state index contributed by atoms with van der Waals surface area (Å²) in [6, 6.07) is 5.27. The van der Waals surface area contributed by atoms with Crippen LogP contribution >= 0.6 is 0 Å². The zero-order valence-corrected chi connectivity index (χ0v) is 11.4. The fraction of sp³-hybridized carbons (Fsp3) is 0.429. The van der Waals surface area contributed by atoms with Gasteiger partial charge in [-0.2, -0.15) is 0 Å². The summed E-state index contributed by atoms with van der Waals surface area (Å²) in [7, 11) is 1.50. The lowest BCUT2D eigenvalue weighted by Crippen LogP contribution is -2.23. The van der Waals surface area contributed by atoms with Crippen molar-refractivity contribution in [3.05, 3.63) is 23.8 Å². The SMILES string of the molecule is COc1ccc(C(N)=O)cc1NC(=O)CCNC1CC1. The summed E-state index contributed by atoms with van der Waals surface area (Å²) in [6.45, 7) is 0.647. The Morgan fingerprint density at radius 3 is 2.75 bits per heavy atom. The Labute approximate surface area is 117 Å². The predicted octanol–water partition coefficient (Wildman–Crippen LogP) is 0.875. The first kappa shape index (κ1) is 14.3. The standard InChI is InChI=1S/C14H19N3O3/c1-20-12-5-2-9(14(15)19)8-11(12)17-13(18)6-7-16-10-3-4-10/h2,5,8,10,16H,3-4,6-7H2,1H3,(H2,15,19)(H,17,18). The van der Waals surface area contributed by atoms with Crippen LogP contribution in [0.5, 0.6) is 5.75 Å². The predicted molar refractivity (Wildman–Crippen MR) is 75.8 cm³/mol. The fourth-order valence-corrected chi connectivity index (χ4v) is 1.85. The molecule has 0 radical (unpaired) electrons. The van der Waals surface area contributed by atoms with E-state index in [4.69, 9.17) is 10.5 Å². The normalized spacial score (nSPS) is 13.8. The number of carbonyl (C=O) groups excluding carboxylic acids is 2. The molecule has 6 nitrogen and oxygen atoms in total. The Morgan fingerprint density at radius 2 is 2.15 bits per heavy atom. The molecule has 0 spiro atoms. The van der Waals surface area contributed by atoms with Gasteiger partial charge in [0.05, 0.1) is 12.8 Å². The summed E-state index contributed by atoms with van der Waals surface area (Å²) in [5.41, 5.74) is 6.01. The van der Waals surface area contributed by atoms with E-state index >= 15 is 0 Å². The lowest BCUT2D eigenvalue weighted by molar-refractivity contribution is -0.116. The van der Waals surface area contributed by atoms with Crippen LogP contribution in [0.4, 0.5) is 5.69 Å². The topological polar surface area (TPSA) is 93.4 Å².